The van der Waals surface area contributed by atoms with Gasteiger partial charge >= 0.3 is 0 Å². The minimum atomic E-state index is 0.661. The molecular weight excluding hydrogens is 302 g/mol. The summed E-state index contributed by atoms with van der Waals surface area (Å²) < 4.78 is 0. The standard InChI is InChI=1S/C21H24ClN/c22-21-16-17(8-7-15-23-19-11-5-2-6-12-19)13-14-20(21)18-9-3-1-4-10-18/h2,5-8,11-14,16,18,23H,1,3-4,9-10,15H2. The molecule has 0 amide bonds. The van der Waals surface area contributed by atoms with Crippen LogP contribution in [0, 0.1) is 0 Å². The zero-order chi connectivity index (χ0) is 15.9. The second-order valence-corrected chi connectivity index (χ2v) is 6.67. The quantitative estimate of drug-likeness (QED) is 0.660. The molecule has 1 fully saturated rings. The fraction of sp³-hybridized carbons (Fsp3) is 0.333. The smallest absolute Gasteiger partial charge is 0.0446 e. The van der Waals surface area contributed by atoms with Crippen molar-refractivity contribution in [3.8, 4) is 0 Å². The molecule has 0 heterocycles. The molecule has 0 aliphatic heterocycles. The Kier molecular flexibility index (Phi) is 5.76. The van der Waals surface area contributed by atoms with E-state index in [9.17, 15) is 0 Å². The first-order chi connectivity index (χ1) is 11.3. The van der Waals surface area contributed by atoms with Gasteiger partial charge in [-0.2, -0.15) is 0 Å². The van der Waals surface area contributed by atoms with Gasteiger partial charge in [0.15, 0.2) is 0 Å². The van der Waals surface area contributed by atoms with Crippen LogP contribution in [0.15, 0.2) is 54.6 Å². The van der Waals surface area contributed by atoms with E-state index in [4.69, 9.17) is 11.6 Å². The molecule has 0 unspecified atom stereocenters. The van der Waals surface area contributed by atoms with Crippen molar-refractivity contribution in [1.29, 1.82) is 0 Å². The predicted molar refractivity (Wildman–Crippen MR) is 101 cm³/mol. The number of hydrogen-bond donors (Lipinski definition) is 1. The second kappa shape index (κ2) is 8.21. The van der Waals surface area contributed by atoms with Gasteiger partial charge in [-0.25, -0.2) is 0 Å². The highest BCUT2D eigenvalue weighted by Crippen LogP contribution is 2.36. The number of rotatable bonds is 5. The Bertz CT molecular complexity index is 642. The summed E-state index contributed by atoms with van der Waals surface area (Å²) in [5, 5.41) is 4.30. The molecule has 120 valence electrons. The molecule has 2 heteroatoms. The molecule has 23 heavy (non-hydrogen) atoms. The van der Waals surface area contributed by atoms with E-state index in [-0.39, 0.29) is 0 Å². The minimum absolute atomic E-state index is 0.661. The van der Waals surface area contributed by atoms with Crippen molar-refractivity contribution >= 4 is 23.4 Å². The number of benzene rings is 2. The first kappa shape index (κ1) is 16.1. The summed E-state index contributed by atoms with van der Waals surface area (Å²) in [5.41, 5.74) is 3.65. The Labute approximate surface area is 144 Å². The summed E-state index contributed by atoms with van der Waals surface area (Å²) in [7, 11) is 0. The highest BCUT2D eigenvalue weighted by molar-refractivity contribution is 6.31. The van der Waals surface area contributed by atoms with Gasteiger partial charge in [-0.15, -0.1) is 0 Å². The van der Waals surface area contributed by atoms with Crippen molar-refractivity contribution < 1.29 is 0 Å². The molecule has 0 atom stereocenters. The van der Waals surface area contributed by atoms with E-state index in [1.165, 1.54) is 43.2 Å². The van der Waals surface area contributed by atoms with Crippen molar-refractivity contribution in [2.24, 2.45) is 0 Å². The van der Waals surface area contributed by atoms with E-state index < -0.39 is 0 Å². The van der Waals surface area contributed by atoms with Gasteiger partial charge in [-0.05, 0) is 48.1 Å². The molecule has 0 bridgehead atoms. The SMILES string of the molecule is Clc1cc(C=CCNc2ccccc2)ccc1C1CCCCC1. The molecule has 2 aromatic carbocycles. The molecule has 2 aromatic rings. The highest BCUT2D eigenvalue weighted by atomic mass is 35.5. The summed E-state index contributed by atoms with van der Waals surface area (Å²) >= 11 is 6.52. The van der Waals surface area contributed by atoms with E-state index in [2.05, 4.69) is 47.8 Å². The van der Waals surface area contributed by atoms with Crippen LogP contribution in [-0.4, -0.2) is 6.54 Å². The molecule has 3 rings (SSSR count). The molecule has 0 spiro atoms. The van der Waals surface area contributed by atoms with E-state index >= 15 is 0 Å². The normalized spacial score (nSPS) is 15.9. The van der Waals surface area contributed by atoms with Crippen LogP contribution < -0.4 is 5.32 Å². The van der Waals surface area contributed by atoms with Gasteiger partial charge in [0.1, 0.15) is 0 Å². The lowest BCUT2D eigenvalue weighted by atomic mass is 9.84. The third-order valence-electron chi connectivity index (χ3n) is 4.58. The van der Waals surface area contributed by atoms with Crippen molar-refractivity contribution in [2.75, 3.05) is 11.9 Å². The fourth-order valence-electron chi connectivity index (χ4n) is 3.32. The van der Waals surface area contributed by atoms with Gasteiger partial charge in [0.05, 0.1) is 0 Å². The molecule has 1 N–H and O–H groups in total. The van der Waals surface area contributed by atoms with Gasteiger partial charge in [0.25, 0.3) is 0 Å². The van der Waals surface area contributed by atoms with Gasteiger partial charge in [0, 0.05) is 17.3 Å². The van der Waals surface area contributed by atoms with Crippen LogP contribution in [0.1, 0.15) is 49.1 Å². The minimum Gasteiger partial charge on any atom is -0.382 e. The van der Waals surface area contributed by atoms with E-state index in [0.717, 1.165) is 17.3 Å². The summed E-state index contributed by atoms with van der Waals surface area (Å²) in [6.07, 6.45) is 10.9. The lowest BCUT2D eigenvalue weighted by Gasteiger charge is -2.23. The Hall–Kier alpha value is -1.73. The average Bonchev–Trinajstić information content (AvgIpc) is 2.60. The summed E-state index contributed by atoms with van der Waals surface area (Å²) in [4.78, 5) is 0. The van der Waals surface area contributed by atoms with Crippen LogP contribution in [0.4, 0.5) is 5.69 Å². The Balaban J connectivity index is 1.58. The molecule has 1 aliphatic carbocycles. The maximum absolute atomic E-state index is 6.52. The van der Waals surface area contributed by atoms with Crippen LogP contribution in [0.2, 0.25) is 5.02 Å². The Morgan fingerprint density at radius 2 is 1.78 bits per heavy atom. The Morgan fingerprint density at radius 1 is 1.00 bits per heavy atom. The monoisotopic (exact) mass is 325 g/mol. The van der Waals surface area contributed by atoms with E-state index in [1.54, 1.807) is 0 Å². The maximum Gasteiger partial charge on any atom is 0.0446 e. The first-order valence-electron chi connectivity index (χ1n) is 8.58. The third kappa shape index (κ3) is 4.62. The van der Waals surface area contributed by atoms with Crippen LogP contribution >= 0.6 is 11.6 Å². The summed E-state index contributed by atoms with van der Waals surface area (Å²) in [6, 6.07) is 16.8. The van der Waals surface area contributed by atoms with E-state index in [1.807, 2.05) is 18.2 Å². The number of nitrogens with one attached hydrogen (secondary N) is 1. The number of hydrogen-bond acceptors (Lipinski definition) is 1. The van der Waals surface area contributed by atoms with Crippen molar-refractivity contribution in [3.05, 3.63) is 70.8 Å². The van der Waals surface area contributed by atoms with Crippen molar-refractivity contribution in [3.63, 3.8) is 0 Å². The van der Waals surface area contributed by atoms with Crippen LogP contribution in [0.5, 0.6) is 0 Å². The van der Waals surface area contributed by atoms with Crippen LogP contribution in [-0.2, 0) is 0 Å². The lowest BCUT2D eigenvalue weighted by molar-refractivity contribution is 0.444. The average molecular weight is 326 g/mol. The van der Waals surface area contributed by atoms with Crippen molar-refractivity contribution in [2.45, 2.75) is 38.0 Å². The summed E-state index contributed by atoms with van der Waals surface area (Å²) in [5.74, 6) is 0.661. The number of halogens is 1. The predicted octanol–water partition coefficient (Wildman–Crippen LogP) is 6.51. The number of anilines is 1. The maximum atomic E-state index is 6.52. The molecular formula is C21H24ClN. The molecule has 0 aromatic heterocycles. The molecule has 1 nitrogen and oxygen atoms in total. The first-order valence-corrected chi connectivity index (χ1v) is 8.95. The largest absolute Gasteiger partial charge is 0.382 e. The molecule has 1 saturated carbocycles. The van der Waals surface area contributed by atoms with Crippen LogP contribution in [0.25, 0.3) is 6.08 Å². The summed E-state index contributed by atoms with van der Waals surface area (Å²) in [6.45, 7) is 0.812. The number of para-hydroxylation sites is 1. The molecule has 0 radical (unpaired) electrons. The zero-order valence-electron chi connectivity index (χ0n) is 13.5. The van der Waals surface area contributed by atoms with Gasteiger partial charge in [-0.1, -0.05) is 73.3 Å². The van der Waals surface area contributed by atoms with Gasteiger partial charge < -0.3 is 5.32 Å². The third-order valence-corrected chi connectivity index (χ3v) is 4.90. The van der Waals surface area contributed by atoms with Gasteiger partial charge in [0.2, 0.25) is 0 Å². The topological polar surface area (TPSA) is 12.0 Å². The molecule has 0 saturated heterocycles. The Morgan fingerprint density at radius 3 is 2.52 bits per heavy atom. The molecule has 1 aliphatic rings. The van der Waals surface area contributed by atoms with Gasteiger partial charge in [-0.3, -0.25) is 0 Å². The van der Waals surface area contributed by atoms with E-state index in [0.29, 0.717) is 5.92 Å². The zero-order valence-corrected chi connectivity index (χ0v) is 14.2. The lowest BCUT2D eigenvalue weighted by Crippen LogP contribution is -2.05. The second-order valence-electron chi connectivity index (χ2n) is 6.27. The van der Waals surface area contributed by atoms with Crippen LogP contribution in [0.3, 0.4) is 0 Å². The highest BCUT2D eigenvalue weighted by Gasteiger charge is 2.17. The fourth-order valence-corrected chi connectivity index (χ4v) is 3.66. The van der Waals surface area contributed by atoms with Crippen molar-refractivity contribution in [1.82, 2.24) is 0 Å².